The molecule has 0 aromatic carbocycles. The van der Waals surface area contributed by atoms with Crippen LogP contribution in [0.5, 0.6) is 0 Å². The lowest BCUT2D eigenvalue weighted by atomic mass is 9.95. The van der Waals surface area contributed by atoms with Gasteiger partial charge in [0.1, 0.15) is 6.10 Å². The summed E-state index contributed by atoms with van der Waals surface area (Å²) in [6.45, 7) is 7.22. The van der Waals surface area contributed by atoms with Crippen LogP contribution >= 0.6 is 0 Å². The van der Waals surface area contributed by atoms with E-state index in [0.717, 1.165) is 0 Å². The predicted octanol–water partition coefficient (Wildman–Crippen LogP) is 1.62. The lowest BCUT2D eigenvalue weighted by Gasteiger charge is -2.33. The molecule has 1 aliphatic heterocycles. The van der Waals surface area contributed by atoms with Gasteiger partial charge in [-0.1, -0.05) is 6.08 Å². The summed E-state index contributed by atoms with van der Waals surface area (Å²) in [6.07, 6.45) is 5.01. The Hall–Kier alpha value is -0.930. The average Bonchev–Trinajstić information content (AvgIpc) is 2.11. The molecule has 3 nitrogen and oxygen atoms in total. The van der Waals surface area contributed by atoms with Crippen LogP contribution in [0.1, 0.15) is 26.7 Å². The third-order valence-electron chi connectivity index (χ3n) is 2.43. The molecular weight excluding hydrogens is 192 g/mol. The fourth-order valence-electron chi connectivity index (χ4n) is 1.66. The van der Waals surface area contributed by atoms with Crippen molar-refractivity contribution in [3.8, 4) is 0 Å². The Kier molecular flexibility index (Phi) is 3.83. The molecule has 0 aliphatic carbocycles. The molecule has 1 rings (SSSR count). The molecule has 0 aromatic heterocycles. The first-order chi connectivity index (χ1) is 6.97. The standard InChI is InChI=1S/C12H18O3/c1-4-6-12(3)7-5-10(14)11(15-12)8-9(2)13/h4-5,7,9,11,13H,1,6,8H2,2-3H3. The third kappa shape index (κ3) is 3.29. The fourth-order valence-corrected chi connectivity index (χ4v) is 1.66. The molecule has 1 aliphatic rings. The van der Waals surface area contributed by atoms with Crippen molar-refractivity contribution in [3.63, 3.8) is 0 Å². The maximum Gasteiger partial charge on any atom is 0.184 e. The van der Waals surface area contributed by atoms with Gasteiger partial charge in [-0.3, -0.25) is 4.79 Å². The highest BCUT2D eigenvalue weighted by molar-refractivity contribution is 5.94. The van der Waals surface area contributed by atoms with Gasteiger partial charge in [0.05, 0.1) is 11.7 Å². The first-order valence-electron chi connectivity index (χ1n) is 5.17. The van der Waals surface area contributed by atoms with E-state index in [0.29, 0.717) is 12.8 Å². The molecule has 0 radical (unpaired) electrons. The maximum atomic E-state index is 11.5. The third-order valence-corrected chi connectivity index (χ3v) is 2.43. The van der Waals surface area contributed by atoms with E-state index >= 15 is 0 Å². The Morgan fingerprint density at radius 2 is 2.47 bits per heavy atom. The predicted molar refractivity (Wildman–Crippen MR) is 58.5 cm³/mol. The normalized spacial score (nSPS) is 32.7. The Balaban J connectivity index is 2.73. The number of aliphatic hydroxyl groups excluding tert-OH is 1. The highest BCUT2D eigenvalue weighted by Crippen LogP contribution is 2.26. The molecule has 1 N–H and O–H groups in total. The van der Waals surface area contributed by atoms with Gasteiger partial charge in [-0.2, -0.15) is 0 Å². The van der Waals surface area contributed by atoms with E-state index in [2.05, 4.69) is 6.58 Å². The summed E-state index contributed by atoms with van der Waals surface area (Å²) in [4.78, 5) is 11.5. The van der Waals surface area contributed by atoms with E-state index in [1.807, 2.05) is 6.92 Å². The summed E-state index contributed by atoms with van der Waals surface area (Å²) < 4.78 is 5.67. The number of aliphatic hydroxyl groups is 1. The van der Waals surface area contributed by atoms with Crippen molar-refractivity contribution in [2.24, 2.45) is 0 Å². The second-order valence-corrected chi connectivity index (χ2v) is 4.23. The van der Waals surface area contributed by atoms with E-state index in [1.165, 1.54) is 0 Å². The van der Waals surface area contributed by atoms with Crippen molar-refractivity contribution >= 4 is 5.78 Å². The molecule has 0 fully saturated rings. The highest BCUT2D eigenvalue weighted by atomic mass is 16.5. The summed E-state index contributed by atoms with van der Waals surface area (Å²) in [5.74, 6) is -0.0718. The Labute approximate surface area is 90.4 Å². The molecule has 3 atom stereocenters. The van der Waals surface area contributed by atoms with Crippen molar-refractivity contribution in [2.75, 3.05) is 0 Å². The second-order valence-electron chi connectivity index (χ2n) is 4.23. The molecule has 0 amide bonds. The van der Waals surface area contributed by atoms with Crippen LogP contribution in [-0.2, 0) is 9.53 Å². The molecule has 0 saturated carbocycles. The highest BCUT2D eigenvalue weighted by Gasteiger charge is 2.33. The van der Waals surface area contributed by atoms with Crippen molar-refractivity contribution in [1.82, 2.24) is 0 Å². The van der Waals surface area contributed by atoms with Crippen LogP contribution in [0.3, 0.4) is 0 Å². The van der Waals surface area contributed by atoms with E-state index in [9.17, 15) is 9.90 Å². The van der Waals surface area contributed by atoms with E-state index < -0.39 is 17.8 Å². The summed E-state index contributed by atoms with van der Waals surface area (Å²) in [5.41, 5.74) is -0.463. The fraction of sp³-hybridized carbons (Fsp3) is 0.583. The average molecular weight is 210 g/mol. The van der Waals surface area contributed by atoms with Gasteiger partial charge in [-0.15, -0.1) is 6.58 Å². The van der Waals surface area contributed by atoms with E-state index in [-0.39, 0.29) is 5.78 Å². The summed E-state index contributed by atoms with van der Waals surface area (Å²) in [5, 5.41) is 9.25. The molecule has 1 heterocycles. The molecule has 0 aromatic rings. The SMILES string of the molecule is C=CCC1(C)C=CC(=O)C(CC(C)O)O1. The molecule has 0 saturated heterocycles. The number of ether oxygens (including phenoxy) is 1. The number of rotatable bonds is 4. The van der Waals surface area contributed by atoms with Crippen molar-refractivity contribution in [3.05, 3.63) is 24.8 Å². The van der Waals surface area contributed by atoms with E-state index in [1.54, 1.807) is 25.2 Å². The molecule has 0 spiro atoms. The lowest BCUT2D eigenvalue weighted by Crippen LogP contribution is -2.40. The van der Waals surface area contributed by atoms with Gasteiger partial charge in [0.2, 0.25) is 0 Å². The zero-order valence-corrected chi connectivity index (χ0v) is 9.27. The summed E-state index contributed by atoms with van der Waals surface area (Å²) in [7, 11) is 0. The van der Waals surface area contributed by atoms with Crippen molar-refractivity contribution < 1.29 is 14.6 Å². The number of hydrogen-bond donors (Lipinski definition) is 1. The minimum Gasteiger partial charge on any atom is -0.393 e. The van der Waals surface area contributed by atoms with Gasteiger partial charge < -0.3 is 9.84 Å². The van der Waals surface area contributed by atoms with Crippen LogP contribution in [0.25, 0.3) is 0 Å². The van der Waals surface area contributed by atoms with Gasteiger partial charge in [0.25, 0.3) is 0 Å². The summed E-state index contributed by atoms with van der Waals surface area (Å²) in [6, 6.07) is 0. The van der Waals surface area contributed by atoms with Crippen LogP contribution in [-0.4, -0.2) is 28.7 Å². The Bertz CT molecular complexity index is 281. The molecule has 84 valence electrons. The van der Waals surface area contributed by atoms with Crippen LogP contribution in [0.4, 0.5) is 0 Å². The van der Waals surface area contributed by atoms with Crippen LogP contribution in [0.2, 0.25) is 0 Å². The van der Waals surface area contributed by atoms with Gasteiger partial charge >= 0.3 is 0 Å². The molecule has 3 unspecified atom stereocenters. The smallest absolute Gasteiger partial charge is 0.184 e. The zero-order valence-electron chi connectivity index (χ0n) is 9.27. The van der Waals surface area contributed by atoms with Gasteiger partial charge in [-0.05, 0) is 32.4 Å². The lowest BCUT2D eigenvalue weighted by molar-refractivity contribution is -0.140. The van der Waals surface area contributed by atoms with Gasteiger partial charge in [0.15, 0.2) is 5.78 Å². The first-order valence-corrected chi connectivity index (χ1v) is 5.17. The monoisotopic (exact) mass is 210 g/mol. The molecule has 3 heteroatoms. The van der Waals surface area contributed by atoms with Crippen LogP contribution in [0.15, 0.2) is 24.8 Å². The number of ketones is 1. The van der Waals surface area contributed by atoms with E-state index in [4.69, 9.17) is 4.74 Å². The number of carbonyl (C=O) groups is 1. The molecule has 15 heavy (non-hydrogen) atoms. The topological polar surface area (TPSA) is 46.5 Å². The number of carbonyl (C=O) groups excluding carboxylic acids is 1. The minimum absolute atomic E-state index is 0.0718. The largest absolute Gasteiger partial charge is 0.393 e. The van der Waals surface area contributed by atoms with Crippen molar-refractivity contribution in [1.29, 1.82) is 0 Å². The first kappa shape index (κ1) is 12.1. The quantitative estimate of drug-likeness (QED) is 0.717. The maximum absolute atomic E-state index is 11.5. The van der Waals surface area contributed by atoms with Crippen LogP contribution < -0.4 is 0 Å². The molecule has 0 bridgehead atoms. The van der Waals surface area contributed by atoms with Gasteiger partial charge in [0, 0.05) is 6.42 Å². The second kappa shape index (κ2) is 4.73. The minimum atomic E-state index is -0.529. The Morgan fingerprint density at radius 3 is 3.00 bits per heavy atom. The van der Waals surface area contributed by atoms with Crippen LogP contribution in [0, 0.1) is 0 Å². The zero-order chi connectivity index (χ0) is 11.5. The van der Waals surface area contributed by atoms with Gasteiger partial charge in [-0.25, -0.2) is 0 Å². The molecular formula is C12H18O3. The summed E-state index contributed by atoms with van der Waals surface area (Å²) >= 11 is 0. The van der Waals surface area contributed by atoms with Crippen molar-refractivity contribution in [2.45, 2.75) is 44.5 Å². The Morgan fingerprint density at radius 1 is 1.80 bits per heavy atom. The number of hydrogen-bond acceptors (Lipinski definition) is 3.